The van der Waals surface area contributed by atoms with E-state index in [1.807, 2.05) is 0 Å². The number of halogens is 1. The molecule has 2 heteroatoms. The van der Waals surface area contributed by atoms with E-state index in [9.17, 15) is 9.50 Å². The quantitative estimate of drug-likeness (QED) is 0.741. The Bertz CT molecular complexity index is 318. The zero-order valence-corrected chi connectivity index (χ0v) is 7.63. The van der Waals surface area contributed by atoms with Gasteiger partial charge in [0.15, 0.2) is 0 Å². The molecule has 1 aliphatic carbocycles. The Balaban J connectivity index is 2.24. The summed E-state index contributed by atoms with van der Waals surface area (Å²) in [6, 6.07) is 4.97. The van der Waals surface area contributed by atoms with Crippen LogP contribution in [0.2, 0.25) is 0 Å². The molecular formula is C11H13FO. The molecule has 1 aromatic rings. The lowest BCUT2D eigenvalue weighted by Crippen LogP contribution is -2.00. The number of rotatable bonds is 2. The Morgan fingerprint density at radius 3 is 2.69 bits per heavy atom. The molecule has 70 valence electrons. The Morgan fingerprint density at radius 1 is 1.46 bits per heavy atom. The van der Waals surface area contributed by atoms with Crippen molar-refractivity contribution in [2.75, 3.05) is 0 Å². The van der Waals surface area contributed by atoms with E-state index in [1.54, 1.807) is 19.1 Å². The van der Waals surface area contributed by atoms with E-state index in [-0.39, 0.29) is 5.82 Å². The molecule has 0 aromatic heterocycles. The molecule has 1 fully saturated rings. The normalized spacial score (nSPS) is 18.7. The summed E-state index contributed by atoms with van der Waals surface area (Å²) in [5.74, 6) is 0.138. The van der Waals surface area contributed by atoms with Gasteiger partial charge < -0.3 is 5.11 Å². The number of aliphatic hydroxyl groups excluding tert-OH is 1. The number of aryl methyl sites for hydroxylation is 1. The first-order chi connectivity index (χ1) is 6.18. The highest BCUT2D eigenvalue weighted by molar-refractivity contribution is 5.25. The van der Waals surface area contributed by atoms with E-state index in [4.69, 9.17) is 0 Å². The van der Waals surface area contributed by atoms with Crippen LogP contribution in [-0.4, -0.2) is 5.11 Å². The standard InChI is InChI=1S/C11H13FO/c1-7-2-3-9(6-10(7)12)11(13)8-4-5-8/h2-3,6,8,11,13H,4-5H2,1H3. The van der Waals surface area contributed by atoms with Crippen molar-refractivity contribution >= 4 is 0 Å². The summed E-state index contributed by atoms with van der Waals surface area (Å²) in [5, 5.41) is 9.71. The topological polar surface area (TPSA) is 20.2 Å². The third-order valence-electron chi connectivity index (χ3n) is 2.61. The van der Waals surface area contributed by atoms with Crippen molar-refractivity contribution < 1.29 is 9.50 Å². The number of hydrogen-bond acceptors (Lipinski definition) is 1. The summed E-state index contributed by atoms with van der Waals surface area (Å²) < 4.78 is 13.1. The summed E-state index contributed by atoms with van der Waals surface area (Å²) in [7, 11) is 0. The van der Waals surface area contributed by atoms with E-state index in [2.05, 4.69) is 0 Å². The minimum Gasteiger partial charge on any atom is -0.388 e. The number of aliphatic hydroxyl groups is 1. The highest BCUT2D eigenvalue weighted by Gasteiger charge is 2.30. The van der Waals surface area contributed by atoms with Gasteiger partial charge in [-0.1, -0.05) is 12.1 Å². The van der Waals surface area contributed by atoms with Gasteiger partial charge in [0.1, 0.15) is 5.82 Å². The predicted molar refractivity (Wildman–Crippen MR) is 48.8 cm³/mol. The van der Waals surface area contributed by atoms with Crippen molar-refractivity contribution in [2.24, 2.45) is 5.92 Å². The van der Waals surface area contributed by atoms with Crippen LogP contribution < -0.4 is 0 Å². The molecule has 0 heterocycles. The van der Waals surface area contributed by atoms with Crippen LogP contribution in [0.15, 0.2) is 18.2 Å². The maximum absolute atomic E-state index is 13.1. The molecule has 1 unspecified atom stereocenters. The lowest BCUT2D eigenvalue weighted by molar-refractivity contribution is 0.153. The molecule has 1 aliphatic rings. The van der Waals surface area contributed by atoms with Crippen molar-refractivity contribution in [3.8, 4) is 0 Å². The minimum atomic E-state index is -0.463. The van der Waals surface area contributed by atoms with Crippen LogP contribution in [0.5, 0.6) is 0 Å². The smallest absolute Gasteiger partial charge is 0.126 e. The molecule has 0 saturated heterocycles. The Labute approximate surface area is 77.2 Å². The molecule has 1 nitrogen and oxygen atoms in total. The fraction of sp³-hybridized carbons (Fsp3) is 0.455. The van der Waals surface area contributed by atoms with Crippen molar-refractivity contribution in [1.82, 2.24) is 0 Å². The SMILES string of the molecule is Cc1ccc(C(O)C2CC2)cc1F. The third kappa shape index (κ3) is 1.73. The first-order valence-electron chi connectivity index (χ1n) is 4.62. The minimum absolute atomic E-state index is 0.225. The van der Waals surface area contributed by atoms with Crippen LogP contribution in [0.3, 0.4) is 0 Å². The molecule has 0 spiro atoms. The molecule has 1 N–H and O–H groups in total. The van der Waals surface area contributed by atoms with Gasteiger partial charge in [0.25, 0.3) is 0 Å². The van der Waals surface area contributed by atoms with Gasteiger partial charge in [0.2, 0.25) is 0 Å². The van der Waals surface area contributed by atoms with E-state index in [1.165, 1.54) is 6.07 Å². The van der Waals surface area contributed by atoms with E-state index in [0.29, 0.717) is 17.0 Å². The Hall–Kier alpha value is -0.890. The highest BCUT2D eigenvalue weighted by atomic mass is 19.1. The van der Waals surface area contributed by atoms with Crippen molar-refractivity contribution in [3.63, 3.8) is 0 Å². The monoisotopic (exact) mass is 180 g/mol. The average molecular weight is 180 g/mol. The second-order valence-corrected chi connectivity index (χ2v) is 3.79. The van der Waals surface area contributed by atoms with Crippen LogP contribution in [0.4, 0.5) is 4.39 Å². The summed E-state index contributed by atoms with van der Waals surface area (Å²) in [5.41, 5.74) is 1.34. The van der Waals surface area contributed by atoms with Crippen molar-refractivity contribution in [1.29, 1.82) is 0 Å². The van der Waals surface area contributed by atoms with Crippen LogP contribution >= 0.6 is 0 Å². The molecule has 1 aromatic carbocycles. The molecule has 0 radical (unpaired) electrons. The average Bonchev–Trinajstić information content (AvgIpc) is 2.91. The van der Waals surface area contributed by atoms with Crippen LogP contribution in [0.1, 0.15) is 30.1 Å². The van der Waals surface area contributed by atoms with Gasteiger partial charge in [-0.2, -0.15) is 0 Å². The first kappa shape index (κ1) is 8.70. The lowest BCUT2D eigenvalue weighted by atomic mass is 10.0. The molecule has 0 bridgehead atoms. The molecule has 1 saturated carbocycles. The Kier molecular flexibility index (Phi) is 2.08. The second kappa shape index (κ2) is 3.11. The van der Waals surface area contributed by atoms with E-state index in [0.717, 1.165) is 12.8 Å². The fourth-order valence-electron chi connectivity index (χ4n) is 1.48. The highest BCUT2D eigenvalue weighted by Crippen LogP contribution is 2.40. The third-order valence-corrected chi connectivity index (χ3v) is 2.61. The molecule has 2 rings (SSSR count). The van der Waals surface area contributed by atoms with Gasteiger partial charge >= 0.3 is 0 Å². The molecular weight excluding hydrogens is 167 g/mol. The Morgan fingerprint density at radius 2 is 2.15 bits per heavy atom. The number of benzene rings is 1. The zero-order chi connectivity index (χ0) is 9.42. The summed E-state index contributed by atoms with van der Waals surface area (Å²) in [6.45, 7) is 1.72. The molecule has 13 heavy (non-hydrogen) atoms. The molecule has 0 amide bonds. The zero-order valence-electron chi connectivity index (χ0n) is 7.63. The summed E-state index contributed by atoms with van der Waals surface area (Å²) in [6.07, 6.45) is 1.67. The van der Waals surface area contributed by atoms with Gasteiger partial charge in [0, 0.05) is 0 Å². The lowest BCUT2D eigenvalue weighted by Gasteiger charge is -2.09. The maximum Gasteiger partial charge on any atom is 0.126 e. The van der Waals surface area contributed by atoms with Crippen molar-refractivity contribution in [3.05, 3.63) is 35.1 Å². The van der Waals surface area contributed by atoms with Gasteiger partial charge in [-0.3, -0.25) is 0 Å². The predicted octanol–water partition coefficient (Wildman–Crippen LogP) is 2.58. The van der Waals surface area contributed by atoms with Crippen molar-refractivity contribution in [2.45, 2.75) is 25.9 Å². The van der Waals surface area contributed by atoms with Crippen LogP contribution in [0.25, 0.3) is 0 Å². The van der Waals surface area contributed by atoms with Crippen LogP contribution in [0, 0.1) is 18.7 Å². The number of hydrogen-bond donors (Lipinski definition) is 1. The summed E-state index contributed by atoms with van der Waals surface area (Å²) in [4.78, 5) is 0. The molecule has 0 aliphatic heterocycles. The van der Waals surface area contributed by atoms with Gasteiger partial charge in [-0.05, 0) is 42.9 Å². The van der Waals surface area contributed by atoms with E-state index >= 15 is 0 Å². The van der Waals surface area contributed by atoms with Gasteiger partial charge in [0.05, 0.1) is 6.10 Å². The summed E-state index contributed by atoms with van der Waals surface area (Å²) >= 11 is 0. The fourth-order valence-corrected chi connectivity index (χ4v) is 1.48. The van der Waals surface area contributed by atoms with E-state index < -0.39 is 6.10 Å². The van der Waals surface area contributed by atoms with Gasteiger partial charge in [-0.25, -0.2) is 4.39 Å². The molecule has 1 atom stereocenters. The largest absolute Gasteiger partial charge is 0.388 e. The maximum atomic E-state index is 13.1. The van der Waals surface area contributed by atoms with Crippen LogP contribution in [-0.2, 0) is 0 Å². The van der Waals surface area contributed by atoms with Gasteiger partial charge in [-0.15, -0.1) is 0 Å². The second-order valence-electron chi connectivity index (χ2n) is 3.79. The first-order valence-corrected chi connectivity index (χ1v) is 4.62.